The number of benzene rings is 2. The van der Waals surface area contributed by atoms with Gasteiger partial charge in [0.15, 0.2) is 0 Å². The maximum atomic E-state index is 13.4. The Labute approximate surface area is 213 Å². The Balaban J connectivity index is 1.52. The first kappa shape index (κ1) is 24.6. The number of amides is 2. The van der Waals surface area contributed by atoms with E-state index in [1.54, 1.807) is 36.4 Å². The van der Waals surface area contributed by atoms with Crippen LogP contribution in [-0.2, 0) is 21.4 Å². The highest BCUT2D eigenvalue weighted by Gasteiger charge is 2.53. The van der Waals surface area contributed by atoms with Gasteiger partial charge in [-0.15, -0.1) is 0 Å². The van der Waals surface area contributed by atoms with Crippen LogP contribution in [0.1, 0.15) is 36.8 Å². The van der Waals surface area contributed by atoms with Crippen LogP contribution in [0.15, 0.2) is 36.4 Å². The quantitative estimate of drug-likeness (QED) is 0.455. The number of carbonyl (C=O) groups excluding carboxylic acids is 2. The molecule has 0 unspecified atom stereocenters. The van der Waals surface area contributed by atoms with Gasteiger partial charge >= 0.3 is 0 Å². The smallest absolute Gasteiger partial charge is 0.242 e. The molecular formula is C24H25Cl4N3O2. The van der Waals surface area contributed by atoms with Crippen molar-refractivity contribution < 1.29 is 9.59 Å². The summed E-state index contributed by atoms with van der Waals surface area (Å²) in [6, 6.07) is 9.73. The zero-order chi connectivity index (χ0) is 23.6. The molecule has 0 bridgehead atoms. The second-order valence-electron chi connectivity index (χ2n) is 8.71. The van der Waals surface area contributed by atoms with Crippen LogP contribution >= 0.6 is 46.4 Å². The van der Waals surface area contributed by atoms with Gasteiger partial charge in [0.05, 0.1) is 5.41 Å². The summed E-state index contributed by atoms with van der Waals surface area (Å²) in [6.45, 7) is 1.46. The number of nitrogens with one attached hydrogen (secondary N) is 3. The van der Waals surface area contributed by atoms with E-state index >= 15 is 0 Å². The Morgan fingerprint density at radius 1 is 1.03 bits per heavy atom. The zero-order valence-corrected chi connectivity index (χ0v) is 20.9. The van der Waals surface area contributed by atoms with Gasteiger partial charge in [-0.1, -0.05) is 58.5 Å². The molecule has 33 heavy (non-hydrogen) atoms. The molecule has 0 radical (unpaired) electrons. The van der Waals surface area contributed by atoms with Gasteiger partial charge in [-0.2, -0.15) is 0 Å². The summed E-state index contributed by atoms with van der Waals surface area (Å²) >= 11 is 24.8. The van der Waals surface area contributed by atoms with Crippen molar-refractivity contribution in [3.63, 3.8) is 0 Å². The summed E-state index contributed by atoms with van der Waals surface area (Å²) in [4.78, 5) is 26.6. The Hall–Kier alpha value is -1.50. The summed E-state index contributed by atoms with van der Waals surface area (Å²) in [7, 11) is 0. The van der Waals surface area contributed by atoms with E-state index in [0.29, 0.717) is 39.5 Å². The van der Waals surface area contributed by atoms with Gasteiger partial charge in [-0.3, -0.25) is 9.59 Å². The molecule has 1 aliphatic heterocycles. The van der Waals surface area contributed by atoms with Crippen molar-refractivity contribution in [3.05, 3.63) is 67.6 Å². The van der Waals surface area contributed by atoms with Gasteiger partial charge in [-0.25, -0.2) is 0 Å². The van der Waals surface area contributed by atoms with E-state index in [4.69, 9.17) is 46.4 Å². The molecule has 1 saturated heterocycles. The Bertz CT molecular complexity index is 1050. The van der Waals surface area contributed by atoms with Gasteiger partial charge in [-0.05, 0) is 67.6 Å². The maximum Gasteiger partial charge on any atom is 0.242 e. The maximum absolute atomic E-state index is 13.4. The number of halogens is 4. The predicted molar refractivity (Wildman–Crippen MR) is 134 cm³/mol. The zero-order valence-electron chi connectivity index (χ0n) is 17.9. The van der Waals surface area contributed by atoms with Gasteiger partial charge in [0, 0.05) is 39.1 Å². The Morgan fingerprint density at radius 3 is 2.33 bits per heavy atom. The highest BCUT2D eigenvalue weighted by molar-refractivity contribution is 6.35. The van der Waals surface area contributed by atoms with Crippen LogP contribution in [0.25, 0.3) is 0 Å². The molecule has 2 fully saturated rings. The summed E-state index contributed by atoms with van der Waals surface area (Å²) in [5.41, 5.74) is 0.705. The molecule has 2 atom stereocenters. The molecular weight excluding hydrogens is 504 g/mol. The lowest BCUT2D eigenvalue weighted by molar-refractivity contribution is -0.130. The molecule has 1 saturated carbocycles. The monoisotopic (exact) mass is 527 g/mol. The fourth-order valence-electron chi connectivity index (χ4n) is 4.31. The van der Waals surface area contributed by atoms with Crippen molar-refractivity contribution in [3.8, 4) is 0 Å². The van der Waals surface area contributed by atoms with E-state index in [0.717, 1.165) is 30.5 Å². The lowest BCUT2D eigenvalue weighted by atomic mass is 9.94. The normalized spacial score (nSPS) is 19.7. The highest BCUT2D eigenvalue weighted by atomic mass is 35.5. The van der Waals surface area contributed by atoms with E-state index < -0.39 is 11.5 Å². The van der Waals surface area contributed by atoms with E-state index in [1.807, 2.05) is 0 Å². The van der Waals surface area contributed by atoms with Crippen LogP contribution < -0.4 is 16.0 Å². The number of hydrogen-bond acceptors (Lipinski definition) is 3. The molecule has 0 aromatic heterocycles. The standard InChI is InChI=1S/C24H25Cl4N3O2/c25-15-4-3-14(19(27)11-15)10-21(22(32)30-13-17-2-1-9-29-17)31-23(33)24(7-8-24)18-6-5-16(26)12-20(18)28/h3-6,11-12,17,21,29H,1-2,7-10,13H2,(H,30,32)(H,31,33)/t17-,21-/m0/s1. The molecule has 3 N–H and O–H groups in total. The highest BCUT2D eigenvalue weighted by Crippen LogP contribution is 2.51. The van der Waals surface area contributed by atoms with E-state index in [-0.39, 0.29) is 24.3 Å². The average Bonchev–Trinajstić information content (AvgIpc) is 3.40. The minimum absolute atomic E-state index is 0.226. The van der Waals surface area contributed by atoms with Crippen molar-refractivity contribution in [1.82, 2.24) is 16.0 Å². The van der Waals surface area contributed by atoms with Gasteiger partial charge < -0.3 is 16.0 Å². The molecule has 9 heteroatoms. The van der Waals surface area contributed by atoms with Crippen LogP contribution in [0.3, 0.4) is 0 Å². The fraction of sp³-hybridized carbons (Fsp3) is 0.417. The molecule has 2 aliphatic rings. The number of carbonyl (C=O) groups is 2. The van der Waals surface area contributed by atoms with Crippen molar-refractivity contribution in [1.29, 1.82) is 0 Å². The first-order valence-electron chi connectivity index (χ1n) is 11.0. The van der Waals surface area contributed by atoms with E-state index in [1.165, 1.54) is 0 Å². The van der Waals surface area contributed by atoms with Crippen molar-refractivity contribution in [2.45, 2.75) is 49.6 Å². The lowest BCUT2D eigenvalue weighted by Crippen LogP contribution is -2.52. The Morgan fingerprint density at radius 2 is 1.73 bits per heavy atom. The van der Waals surface area contributed by atoms with Gasteiger partial charge in [0.2, 0.25) is 11.8 Å². The first-order chi connectivity index (χ1) is 15.8. The largest absolute Gasteiger partial charge is 0.353 e. The van der Waals surface area contributed by atoms with Gasteiger partial charge in [0.25, 0.3) is 0 Å². The number of rotatable bonds is 8. The molecule has 2 aromatic rings. The Kier molecular flexibility index (Phi) is 7.76. The van der Waals surface area contributed by atoms with Crippen molar-refractivity contribution in [2.75, 3.05) is 13.1 Å². The summed E-state index contributed by atoms with van der Waals surface area (Å²) in [5.74, 6) is -0.475. The molecule has 176 valence electrons. The third-order valence-electron chi connectivity index (χ3n) is 6.38. The second-order valence-corrected chi connectivity index (χ2v) is 10.4. The molecule has 2 amide bonds. The van der Waals surface area contributed by atoms with Crippen LogP contribution in [0.2, 0.25) is 20.1 Å². The molecule has 5 nitrogen and oxygen atoms in total. The minimum Gasteiger partial charge on any atom is -0.353 e. The van der Waals surface area contributed by atoms with Crippen LogP contribution in [0.4, 0.5) is 0 Å². The average molecular weight is 529 g/mol. The molecule has 1 aliphatic carbocycles. The van der Waals surface area contributed by atoms with Crippen LogP contribution in [0, 0.1) is 0 Å². The summed E-state index contributed by atoms with van der Waals surface area (Å²) < 4.78 is 0. The fourth-order valence-corrected chi connectivity index (χ4v) is 5.39. The first-order valence-corrected chi connectivity index (χ1v) is 12.5. The summed E-state index contributed by atoms with van der Waals surface area (Å²) in [5, 5.41) is 11.2. The van der Waals surface area contributed by atoms with Crippen molar-refractivity contribution in [2.24, 2.45) is 0 Å². The van der Waals surface area contributed by atoms with E-state index in [2.05, 4.69) is 16.0 Å². The summed E-state index contributed by atoms with van der Waals surface area (Å²) in [6.07, 6.45) is 3.66. The topological polar surface area (TPSA) is 70.2 Å². The predicted octanol–water partition coefficient (Wildman–Crippen LogP) is 4.93. The molecule has 0 spiro atoms. The minimum atomic E-state index is -0.791. The lowest BCUT2D eigenvalue weighted by Gasteiger charge is -2.24. The van der Waals surface area contributed by atoms with Crippen LogP contribution in [0.5, 0.6) is 0 Å². The molecule has 4 rings (SSSR count). The third kappa shape index (κ3) is 5.77. The number of hydrogen-bond donors (Lipinski definition) is 3. The molecule has 1 heterocycles. The third-order valence-corrected chi connectivity index (χ3v) is 7.51. The second kappa shape index (κ2) is 10.4. The van der Waals surface area contributed by atoms with Gasteiger partial charge in [0.1, 0.15) is 6.04 Å². The van der Waals surface area contributed by atoms with Crippen LogP contribution in [-0.4, -0.2) is 37.0 Å². The van der Waals surface area contributed by atoms with E-state index in [9.17, 15) is 9.59 Å². The molecule has 2 aromatic carbocycles. The van der Waals surface area contributed by atoms with Crippen molar-refractivity contribution >= 4 is 58.2 Å². The SMILES string of the molecule is O=C(NC[C@@H]1CCCN1)[C@H](Cc1ccc(Cl)cc1Cl)NC(=O)C1(c2ccc(Cl)cc2Cl)CC1.